The summed E-state index contributed by atoms with van der Waals surface area (Å²) in [6, 6.07) is 104. The van der Waals surface area contributed by atoms with Crippen LogP contribution in [0.4, 0.5) is 0 Å². The molecule has 0 saturated heterocycles. The molecule has 0 aliphatic heterocycles. The van der Waals surface area contributed by atoms with E-state index in [0.717, 1.165) is 0 Å². The van der Waals surface area contributed by atoms with E-state index >= 15 is 0 Å². The molecule has 2 aromatic heterocycles. The summed E-state index contributed by atoms with van der Waals surface area (Å²) < 4.78 is 4.95. The van der Waals surface area contributed by atoms with Gasteiger partial charge < -0.3 is 9.13 Å². The first-order valence-electron chi connectivity index (χ1n) is 35.3. The van der Waals surface area contributed by atoms with E-state index in [1.807, 2.05) is 0 Å². The molecular weight excluding hydrogens is 1160 g/mol. The second-order valence-electron chi connectivity index (χ2n) is 30.2. The number of hydrogen-bond donors (Lipinski definition) is 0. The Hall–Kier alpha value is -10.5. The molecule has 0 atom stereocenters. The van der Waals surface area contributed by atoms with Crippen LogP contribution >= 0.6 is 0 Å². The second kappa shape index (κ2) is 19.6. The van der Waals surface area contributed by atoms with Crippen LogP contribution < -0.4 is 0 Å². The van der Waals surface area contributed by atoms with Crippen LogP contribution in [0.25, 0.3) is 144 Å². The number of aromatic nitrogens is 2. The molecule has 0 unspecified atom stereocenters. The average molecular weight is 1230 g/mol. The molecule has 2 fully saturated rings. The van der Waals surface area contributed by atoms with E-state index in [9.17, 15) is 0 Å². The highest BCUT2D eigenvalue weighted by Crippen LogP contribution is 2.64. The van der Waals surface area contributed by atoms with Gasteiger partial charge in [-0.15, -0.1) is 0 Å². The highest BCUT2D eigenvalue weighted by molar-refractivity contribution is 6.12. The molecule has 6 aliphatic rings. The third-order valence-electron chi connectivity index (χ3n) is 24.9. The summed E-state index contributed by atoms with van der Waals surface area (Å²) in [6.45, 7) is 9.47. The molecule has 0 N–H and O–H groups in total. The van der Waals surface area contributed by atoms with Crippen LogP contribution in [0, 0.1) is 0 Å². The fourth-order valence-corrected chi connectivity index (χ4v) is 20.1. The summed E-state index contributed by atoms with van der Waals surface area (Å²) in [5, 5.41) is 5.12. The van der Waals surface area contributed by atoms with Gasteiger partial charge in [-0.25, -0.2) is 0 Å². The van der Waals surface area contributed by atoms with Crippen molar-refractivity contribution in [3.05, 3.63) is 311 Å². The van der Waals surface area contributed by atoms with Crippen molar-refractivity contribution in [3.8, 4) is 100 Å². The molecule has 2 heterocycles. The van der Waals surface area contributed by atoms with Crippen molar-refractivity contribution >= 4 is 43.6 Å². The zero-order valence-corrected chi connectivity index (χ0v) is 55.0. The maximum absolute atomic E-state index is 2.71. The molecule has 0 amide bonds. The minimum absolute atomic E-state index is 0.0249. The summed E-state index contributed by atoms with van der Waals surface area (Å²) >= 11 is 0. The van der Waals surface area contributed by atoms with E-state index in [-0.39, 0.29) is 21.7 Å². The van der Waals surface area contributed by atoms with Crippen LogP contribution in [-0.2, 0) is 21.7 Å². The van der Waals surface area contributed by atoms with Crippen LogP contribution in [0.3, 0.4) is 0 Å². The lowest BCUT2D eigenvalue weighted by atomic mass is 9.74. The van der Waals surface area contributed by atoms with Crippen molar-refractivity contribution in [2.24, 2.45) is 0 Å². The molecule has 15 aromatic rings. The van der Waals surface area contributed by atoms with Crippen LogP contribution in [0.1, 0.15) is 124 Å². The lowest BCUT2D eigenvalue weighted by molar-refractivity contribution is 0.544. The molecule has 21 rings (SSSR count). The SMILES string of the molecule is CC1(C)c2ccccc2-c2cc(-n3c4ccccc4c4cc(-c5ccc(-c6ccc7c(c6)C6(CCCC6)c6cc8c(cc6-7)C6(CCCC6)c6cc(-c7ccc(-c9ccc%10c(c9)c9ccccc9n%10-c9ccc%10c(c9)C(C)(C)c9ccccc9-%10)cc7)ccc6-8)cc5)ccc43)ccc21. The van der Waals surface area contributed by atoms with Crippen molar-refractivity contribution in [2.75, 3.05) is 0 Å². The lowest BCUT2D eigenvalue weighted by Gasteiger charge is -2.29. The van der Waals surface area contributed by atoms with Gasteiger partial charge in [-0.3, -0.25) is 0 Å². The van der Waals surface area contributed by atoms with E-state index in [4.69, 9.17) is 0 Å². The summed E-state index contributed by atoms with van der Waals surface area (Å²) in [4.78, 5) is 0. The quantitative estimate of drug-likeness (QED) is 0.157. The number of para-hydroxylation sites is 2. The molecule has 13 aromatic carbocycles. The standard InChI is InChI=1S/C94H72N2/c1-91(2)80-22-10-6-18-68(80)74-53-65(38-42-81(74)91)95-87-23-11-7-19-72(87)77-49-61(35-43-89(77)95)57-25-29-59(30-26-57)63-33-39-70-75-55-86-76(56-85(75)93(83(70)51-63)45-13-14-46-93)71-40-34-64(52-84(71)94(86)47-15-16-48-94)60-31-27-58(28-32-60)62-36-44-90-78(50-62)73-20-8-12-24-88(73)96(90)66-37-41-69-67-17-5-9-21-79(67)92(3,4)82(69)54-66/h5-12,17-44,49-56H,13-16,45-48H2,1-4H3. The smallest absolute Gasteiger partial charge is 0.0541 e. The molecule has 2 saturated carbocycles. The lowest BCUT2D eigenvalue weighted by Crippen LogP contribution is -2.22. The van der Waals surface area contributed by atoms with Crippen molar-refractivity contribution in [3.63, 3.8) is 0 Å². The number of fused-ring (bicyclic) bond motifs is 22. The minimum atomic E-state index is -0.0659. The largest absolute Gasteiger partial charge is 0.309 e. The van der Waals surface area contributed by atoms with Gasteiger partial charge in [0.15, 0.2) is 0 Å². The first-order valence-corrected chi connectivity index (χ1v) is 35.3. The van der Waals surface area contributed by atoms with Gasteiger partial charge in [-0.05, 0) is 244 Å². The zero-order chi connectivity index (χ0) is 63.6. The highest BCUT2D eigenvalue weighted by atomic mass is 15.0. The van der Waals surface area contributed by atoms with Crippen LogP contribution in [-0.4, -0.2) is 9.13 Å². The third-order valence-corrected chi connectivity index (χ3v) is 24.9. The maximum atomic E-state index is 2.71. The fraction of sp³-hybridized carbons (Fsp3) is 0.170. The Kier molecular flexibility index (Phi) is 11.2. The summed E-state index contributed by atoms with van der Waals surface area (Å²) in [5.74, 6) is 0. The van der Waals surface area contributed by atoms with E-state index in [1.54, 1.807) is 22.3 Å². The van der Waals surface area contributed by atoms with Crippen molar-refractivity contribution < 1.29 is 0 Å². The van der Waals surface area contributed by atoms with Crippen molar-refractivity contribution in [1.82, 2.24) is 9.13 Å². The second-order valence-corrected chi connectivity index (χ2v) is 30.2. The first kappa shape index (κ1) is 54.8. The Bertz CT molecular complexity index is 5880. The van der Waals surface area contributed by atoms with Gasteiger partial charge in [0.2, 0.25) is 0 Å². The van der Waals surface area contributed by atoms with Crippen LogP contribution in [0.15, 0.2) is 267 Å². The fourth-order valence-electron chi connectivity index (χ4n) is 20.1. The molecule has 2 nitrogen and oxygen atoms in total. The average Bonchev–Trinajstić information content (AvgIpc) is 1.51. The van der Waals surface area contributed by atoms with E-state index < -0.39 is 0 Å². The van der Waals surface area contributed by atoms with Gasteiger partial charge >= 0.3 is 0 Å². The number of benzene rings is 13. The molecule has 458 valence electrons. The first-order chi connectivity index (χ1) is 47.0. The number of hydrogen-bond acceptors (Lipinski definition) is 0. The topological polar surface area (TPSA) is 9.86 Å². The number of rotatable bonds is 6. The molecule has 0 radical (unpaired) electrons. The monoisotopic (exact) mass is 1230 g/mol. The van der Waals surface area contributed by atoms with Gasteiger partial charge in [0.25, 0.3) is 0 Å². The van der Waals surface area contributed by atoms with Crippen molar-refractivity contribution in [2.45, 2.75) is 101 Å². The molecular formula is C94H72N2. The Balaban J connectivity index is 0.579. The summed E-state index contributed by atoms with van der Waals surface area (Å²) in [5.41, 5.74) is 40.7. The van der Waals surface area contributed by atoms with Gasteiger partial charge in [0.05, 0.1) is 22.1 Å². The van der Waals surface area contributed by atoms with E-state index in [0.29, 0.717) is 0 Å². The Labute approximate surface area is 561 Å². The normalized spacial score (nSPS) is 16.5. The highest BCUT2D eigenvalue weighted by Gasteiger charge is 2.50. The summed E-state index contributed by atoms with van der Waals surface area (Å²) in [7, 11) is 0. The Morgan fingerprint density at radius 2 is 0.542 bits per heavy atom. The zero-order valence-electron chi connectivity index (χ0n) is 55.0. The van der Waals surface area contributed by atoms with Gasteiger partial charge in [0, 0.05) is 54.6 Å². The van der Waals surface area contributed by atoms with Crippen LogP contribution in [0.5, 0.6) is 0 Å². The molecule has 96 heavy (non-hydrogen) atoms. The molecule has 2 spiro atoms. The predicted molar refractivity (Wildman–Crippen MR) is 401 cm³/mol. The minimum Gasteiger partial charge on any atom is -0.309 e. The predicted octanol–water partition coefficient (Wildman–Crippen LogP) is 24.8. The number of nitrogens with zero attached hydrogens (tertiary/aromatic N) is 2. The van der Waals surface area contributed by atoms with Crippen LogP contribution in [0.2, 0.25) is 0 Å². The van der Waals surface area contributed by atoms with E-state index in [1.165, 1.54) is 218 Å². The van der Waals surface area contributed by atoms with Gasteiger partial charge in [-0.2, -0.15) is 0 Å². The van der Waals surface area contributed by atoms with E-state index in [2.05, 4.69) is 304 Å². The summed E-state index contributed by atoms with van der Waals surface area (Å²) in [6.07, 6.45) is 9.90. The molecule has 6 aliphatic carbocycles. The molecule has 0 bridgehead atoms. The Morgan fingerprint density at radius 3 is 1.04 bits per heavy atom. The third kappa shape index (κ3) is 7.37. The van der Waals surface area contributed by atoms with Gasteiger partial charge in [0.1, 0.15) is 0 Å². The van der Waals surface area contributed by atoms with Crippen molar-refractivity contribution in [1.29, 1.82) is 0 Å². The Morgan fingerprint density at radius 1 is 0.219 bits per heavy atom. The van der Waals surface area contributed by atoms with Gasteiger partial charge in [-0.1, -0.05) is 235 Å². The maximum Gasteiger partial charge on any atom is 0.0541 e. The molecule has 2 heteroatoms.